The van der Waals surface area contributed by atoms with Crippen LogP contribution >= 0.6 is 11.6 Å². The number of aliphatic hydroxyl groups excluding tert-OH is 1. The van der Waals surface area contributed by atoms with Crippen LogP contribution in [0.15, 0.2) is 24.3 Å². The van der Waals surface area contributed by atoms with Gasteiger partial charge in [-0.15, -0.1) is 0 Å². The zero-order chi connectivity index (χ0) is 11.3. The Morgan fingerprint density at radius 1 is 1.33 bits per heavy atom. The van der Waals surface area contributed by atoms with Gasteiger partial charge < -0.3 is 15.1 Å². The second kappa shape index (κ2) is 5.58. The molecule has 15 heavy (non-hydrogen) atoms. The number of hydrogen-bond donors (Lipinski definition) is 2. The molecule has 0 fully saturated rings. The Kier molecular flexibility index (Phi) is 4.39. The first kappa shape index (κ1) is 11.8. The van der Waals surface area contributed by atoms with E-state index in [1.807, 2.05) is 0 Å². The average molecular weight is 230 g/mol. The van der Waals surface area contributed by atoms with Gasteiger partial charge in [0, 0.05) is 17.3 Å². The normalized spacial score (nSPS) is 10.0. The van der Waals surface area contributed by atoms with Gasteiger partial charge in [-0.25, -0.2) is 0 Å². The summed E-state index contributed by atoms with van der Waals surface area (Å²) in [5, 5.41) is 18.1. The molecule has 1 aromatic rings. The van der Waals surface area contributed by atoms with E-state index in [1.54, 1.807) is 29.2 Å². The minimum absolute atomic E-state index is 0.0874. The summed E-state index contributed by atoms with van der Waals surface area (Å²) in [4.78, 5) is 12.1. The molecule has 0 amide bonds. The van der Waals surface area contributed by atoms with Crippen LogP contribution in [0.3, 0.4) is 0 Å². The Labute approximate surface area is 92.7 Å². The number of nitrogens with zero attached hydrogens (tertiary/aromatic N) is 1. The molecule has 0 unspecified atom stereocenters. The maximum atomic E-state index is 10.6. The molecule has 0 spiro atoms. The standard InChI is InChI=1S/C10H12ClNO3/c11-8-1-3-9(4-2-8)12(5-6-13)7-10(14)15/h1-4,13H,5-7H2,(H,14,15). The molecule has 0 bridgehead atoms. The highest BCUT2D eigenvalue weighted by Crippen LogP contribution is 2.17. The summed E-state index contributed by atoms with van der Waals surface area (Å²) in [5.41, 5.74) is 0.732. The van der Waals surface area contributed by atoms with Crippen LogP contribution in [0.4, 0.5) is 5.69 Å². The molecule has 82 valence electrons. The number of carboxylic acids is 1. The van der Waals surface area contributed by atoms with Gasteiger partial charge in [-0.1, -0.05) is 11.6 Å². The van der Waals surface area contributed by atoms with E-state index < -0.39 is 5.97 Å². The first-order chi connectivity index (χ1) is 7.13. The van der Waals surface area contributed by atoms with Crippen molar-refractivity contribution in [2.75, 3.05) is 24.6 Å². The summed E-state index contributed by atoms with van der Waals surface area (Å²) in [6.07, 6.45) is 0. The third-order valence-corrected chi connectivity index (χ3v) is 2.14. The maximum absolute atomic E-state index is 10.6. The number of aliphatic hydroxyl groups is 1. The SMILES string of the molecule is O=C(O)CN(CCO)c1ccc(Cl)cc1. The number of benzene rings is 1. The van der Waals surface area contributed by atoms with Crippen molar-refractivity contribution >= 4 is 23.3 Å². The van der Waals surface area contributed by atoms with Crippen LogP contribution < -0.4 is 4.90 Å². The Balaban J connectivity index is 2.78. The molecular weight excluding hydrogens is 218 g/mol. The zero-order valence-corrected chi connectivity index (χ0v) is 8.81. The minimum atomic E-state index is -0.932. The zero-order valence-electron chi connectivity index (χ0n) is 8.06. The Morgan fingerprint density at radius 2 is 1.93 bits per heavy atom. The lowest BCUT2D eigenvalue weighted by Crippen LogP contribution is -2.32. The highest BCUT2D eigenvalue weighted by Gasteiger charge is 2.09. The molecular formula is C10H12ClNO3. The average Bonchev–Trinajstić information content (AvgIpc) is 2.17. The van der Waals surface area contributed by atoms with Gasteiger partial charge in [0.2, 0.25) is 0 Å². The van der Waals surface area contributed by atoms with E-state index in [1.165, 1.54) is 0 Å². The smallest absolute Gasteiger partial charge is 0.323 e. The van der Waals surface area contributed by atoms with Gasteiger partial charge in [-0.05, 0) is 24.3 Å². The van der Waals surface area contributed by atoms with E-state index in [9.17, 15) is 4.79 Å². The van der Waals surface area contributed by atoms with Crippen LogP contribution in [0.2, 0.25) is 5.02 Å². The summed E-state index contributed by atoms with van der Waals surface area (Å²) in [6.45, 7) is 0.0615. The van der Waals surface area contributed by atoms with Crippen LogP contribution in [-0.4, -0.2) is 35.9 Å². The topological polar surface area (TPSA) is 60.8 Å². The molecule has 4 nitrogen and oxygen atoms in total. The van der Waals surface area contributed by atoms with Crippen molar-refractivity contribution in [2.24, 2.45) is 0 Å². The van der Waals surface area contributed by atoms with Crippen molar-refractivity contribution in [3.05, 3.63) is 29.3 Å². The number of aliphatic carboxylic acids is 1. The summed E-state index contributed by atoms with van der Waals surface area (Å²) in [5.74, 6) is -0.932. The first-order valence-electron chi connectivity index (χ1n) is 4.46. The summed E-state index contributed by atoms with van der Waals surface area (Å²) in [6, 6.07) is 6.81. The fourth-order valence-electron chi connectivity index (χ4n) is 1.24. The van der Waals surface area contributed by atoms with Crippen LogP contribution in [0.25, 0.3) is 0 Å². The highest BCUT2D eigenvalue weighted by molar-refractivity contribution is 6.30. The Morgan fingerprint density at radius 3 is 2.40 bits per heavy atom. The predicted octanol–water partition coefficient (Wildman–Crippen LogP) is 1.22. The lowest BCUT2D eigenvalue weighted by molar-refractivity contribution is -0.135. The molecule has 0 aliphatic heterocycles. The number of rotatable bonds is 5. The quantitative estimate of drug-likeness (QED) is 0.797. The molecule has 0 aromatic heterocycles. The molecule has 2 N–H and O–H groups in total. The van der Waals surface area contributed by atoms with Gasteiger partial charge in [0.25, 0.3) is 0 Å². The molecule has 0 aliphatic rings. The third kappa shape index (κ3) is 3.77. The Bertz CT molecular complexity index is 326. The molecule has 1 rings (SSSR count). The van der Waals surface area contributed by atoms with E-state index in [0.29, 0.717) is 5.02 Å². The van der Waals surface area contributed by atoms with Gasteiger partial charge in [0.1, 0.15) is 6.54 Å². The summed E-state index contributed by atoms with van der Waals surface area (Å²) in [7, 11) is 0. The first-order valence-corrected chi connectivity index (χ1v) is 4.84. The Hall–Kier alpha value is -1.26. The fraction of sp³-hybridized carbons (Fsp3) is 0.300. The molecule has 0 radical (unpaired) electrons. The molecule has 0 saturated heterocycles. The monoisotopic (exact) mass is 229 g/mol. The summed E-state index contributed by atoms with van der Waals surface area (Å²) < 4.78 is 0. The molecule has 0 heterocycles. The second-order valence-corrected chi connectivity index (χ2v) is 3.45. The van der Waals surface area contributed by atoms with E-state index >= 15 is 0 Å². The number of anilines is 1. The lowest BCUT2D eigenvalue weighted by Gasteiger charge is -2.21. The van der Waals surface area contributed by atoms with Crippen molar-refractivity contribution in [2.45, 2.75) is 0 Å². The van der Waals surface area contributed by atoms with Crippen molar-refractivity contribution in [3.63, 3.8) is 0 Å². The molecule has 0 atom stereocenters. The molecule has 0 saturated carbocycles. The van der Waals surface area contributed by atoms with Gasteiger partial charge in [-0.2, -0.15) is 0 Å². The van der Waals surface area contributed by atoms with Crippen molar-refractivity contribution in [3.8, 4) is 0 Å². The third-order valence-electron chi connectivity index (χ3n) is 1.89. The van der Waals surface area contributed by atoms with Crippen LogP contribution in [0, 0.1) is 0 Å². The largest absolute Gasteiger partial charge is 0.480 e. The van der Waals surface area contributed by atoms with Crippen LogP contribution in [0.5, 0.6) is 0 Å². The van der Waals surface area contributed by atoms with Crippen molar-refractivity contribution in [1.82, 2.24) is 0 Å². The van der Waals surface area contributed by atoms with Gasteiger partial charge in [0.05, 0.1) is 6.61 Å². The summed E-state index contributed by atoms with van der Waals surface area (Å²) >= 11 is 5.71. The van der Waals surface area contributed by atoms with Gasteiger partial charge in [0.15, 0.2) is 0 Å². The lowest BCUT2D eigenvalue weighted by atomic mass is 10.3. The maximum Gasteiger partial charge on any atom is 0.323 e. The van der Waals surface area contributed by atoms with E-state index in [0.717, 1.165) is 5.69 Å². The van der Waals surface area contributed by atoms with E-state index in [-0.39, 0.29) is 19.7 Å². The highest BCUT2D eigenvalue weighted by atomic mass is 35.5. The number of carbonyl (C=O) groups is 1. The fourth-order valence-corrected chi connectivity index (χ4v) is 1.36. The van der Waals surface area contributed by atoms with Crippen LogP contribution in [-0.2, 0) is 4.79 Å². The number of halogens is 1. The minimum Gasteiger partial charge on any atom is -0.480 e. The van der Waals surface area contributed by atoms with Crippen molar-refractivity contribution in [1.29, 1.82) is 0 Å². The van der Waals surface area contributed by atoms with Crippen LogP contribution in [0.1, 0.15) is 0 Å². The van der Waals surface area contributed by atoms with E-state index in [4.69, 9.17) is 21.8 Å². The number of hydrogen-bond acceptors (Lipinski definition) is 3. The van der Waals surface area contributed by atoms with Gasteiger partial charge >= 0.3 is 5.97 Å². The number of carboxylic acid groups (broad SMARTS) is 1. The predicted molar refractivity (Wildman–Crippen MR) is 58.4 cm³/mol. The molecule has 0 aliphatic carbocycles. The second-order valence-electron chi connectivity index (χ2n) is 3.02. The molecule has 5 heteroatoms. The van der Waals surface area contributed by atoms with Gasteiger partial charge in [-0.3, -0.25) is 4.79 Å². The van der Waals surface area contributed by atoms with Crippen molar-refractivity contribution < 1.29 is 15.0 Å². The molecule has 1 aromatic carbocycles. The van der Waals surface area contributed by atoms with E-state index in [2.05, 4.69) is 0 Å².